The van der Waals surface area contributed by atoms with Gasteiger partial charge in [0.05, 0.1) is 12.3 Å². The molecule has 0 heterocycles. The van der Waals surface area contributed by atoms with Gasteiger partial charge in [0.15, 0.2) is 0 Å². The first-order valence-corrected chi connectivity index (χ1v) is 8.08. The number of allylic oxidation sites excluding steroid dienone is 1. The van der Waals surface area contributed by atoms with Gasteiger partial charge in [-0.1, -0.05) is 47.6 Å². The van der Waals surface area contributed by atoms with Crippen molar-refractivity contribution in [2.24, 2.45) is 5.16 Å². The smallest absolute Gasteiger partial charge is 0.121 e. The molecule has 0 saturated carbocycles. The van der Waals surface area contributed by atoms with Gasteiger partial charge in [-0.25, -0.2) is 0 Å². The maximum Gasteiger partial charge on any atom is 0.121 e. The molecule has 2 rings (SSSR count). The van der Waals surface area contributed by atoms with E-state index in [1.54, 1.807) is 24.3 Å². The van der Waals surface area contributed by atoms with E-state index in [1.807, 2.05) is 24.3 Å². The average molecular weight is 325 g/mol. The van der Waals surface area contributed by atoms with Crippen LogP contribution in [0.25, 0.3) is 6.08 Å². The molecule has 0 aliphatic heterocycles. The second-order valence-electron chi connectivity index (χ2n) is 5.66. The minimum Gasteiger partial charge on any atom is -0.508 e. The zero-order valence-corrected chi connectivity index (χ0v) is 13.6. The monoisotopic (exact) mass is 325 g/mol. The molecule has 2 aromatic carbocycles. The van der Waals surface area contributed by atoms with Crippen molar-refractivity contribution >= 4 is 11.8 Å². The van der Waals surface area contributed by atoms with Crippen molar-refractivity contribution in [1.29, 1.82) is 0 Å². The number of rotatable bonds is 8. The van der Waals surface area contributed by atoms with Crippen molar-refractivity contribution in [2.75, 3.05) is 0 Å². The van der Waals surface area contributed by atoms with Gasteiger partial charge >= 0.3 is 0 Å². The lowest BCUT2D eigenvalue weighted by Crippen LogP contribution is -1.95. The highest BCUT2D eigenvalue weighted by atomic mass is 16.4. The molecule has 0 bridgehead atoms. The molecule has 3 N–H and O–H groups in total. The highest BCUT2D eigenvalue weighted by Crippen LogP contribution is 2.19. The van der Waals surface area contributed by atoms with Gasteiger partial charge in [0.1, 0.15) is 5.75 Å². The standard InChI is InChI=1S/C20H23NO3/c22-15-18-14-17(11-13-20(18)23)10-12-19(21-24)9-5-4-8-16-6-2-1-3-7-16/h1-3,6-7,10-14,22-24H,4-5,8-9,15H2/b12-10+,21-19?. The van der Waals surface area contributed by atoms with Gasteiger partial charge in [-0.2, -0.15) is 0 Å². The number of oxime groups is 1. The Morgan fingerprint density at radius 2 is 1.83 bits per heavy atom. The normalized spacial score (nSPS) is 12.0. The number of unbranched alkanes of at least 4 members (excludes halogenated alkanes) is 1. The molecular weight excluding hydrogens is 302 g/mol. The van der Waals surface area contributed by atoms with Crippen molar-refractivity contribution in [1.82, 2.24) is 0 Å². The molecule has 4 nitrogen and oxygen atoms in total. The van der Waals surface area contributed by atoms with Crippen LogP contribution in [0.5, 0.6) is 5.75 Å². The van der Waals surface area contributed by atoms with Crippen LogP contribution in [-0.2, 0) is 13.0 Å². The summed E-state index contributed by atoms with van der Waals surface area (Å²) in [6.45, 7) is -0.214. The van der Waals surface area contributed by atoms with Gasteiger partial charge in [0.2, 0.25) is 0 Å². The van der Waals surface area contributed by atoms with Crippen LogP contribution in [0.1, 0.15) is 36.0 Å². The molecule has 0 atom stereocenters. The highest BCUT2D eigenvalue weighted by molar-refractivity contribution is 5.97. The van der Waals surface area contributed by atoms with Gasteiger partial charge in [0.25, 0.3) is 0 Å². The molecule has 0 fully saturated rings. The van der Waals surface area contributed by atoms with Crippen molar-refractivity contribution in [3.05, 3.63) is 71.3 Å². The van der Waals surface area contributed by atoms with Gasteiger partial charge in [-0.15, -0.1) is 0 Å². The Balaban J connectivity index is 1.83. The fraction of sp³-hybridized carbons (Fsp3) is 0.250. The number of aliphatic hydroxyl groups is 1. The van der Waals surface area contributed by atoms with Gasteiger partial charge in [-0.05, 0) is 55.0 Å². The summed E-state index contributed by atoms with van der Waals surface area (Å²) < 4.78 is 0. The van der Waals surface area contributed by atoms with E-state index in [2.05, 4.69) is 17.3 Å². The Labute approximate surface area is 142 Å². The first-order chi connectivity index (χ1) is 11.7. The summed E-state index contributed by atoms with van der Waals surface area (Å²) in [5.41, 5.74) is 3.24. The fourth-order valence-corrected chi connectivity index (χ4v) is 2.47. The van der Waals surface area contributed by atoms with E-state index in [0.717, 1.165) is 24.8 Å². The Morgan fingerprint density at radius 1 is 1.04 bits per heavy atom. The first-order valence-electron chi connectivity index (χ1n) is 8.08. The quantitative estimate of drug-likeness (QED) is 0.295. The highest BCUT2D eigenvalue weighted by Gasteiger charge is 2.01. The Bertz CT molecular complexity index is 693. The van der Waals surface area contributed by atoms with Crippen molar-refractivity contribution in [3.8, 4) is 5.75 Å². The summed E-state index contributed by atoms with van der Waals surface area (Å²) in [6, 6.07) is 15.3. The molecular formula is C20H23NO3. The predicted molar refractivity (Wildman–Crippen MR) is 96.3 cm³/mol. The zero-order valence-electron chi connectivity index (χ0n) is 13.6. The van der Waals surface area contributed by atoms with Crippen LogP contribution in [0.4, 0.5) is 0 Å². The number of phenols is 1. The summed E-state index contributed by atoms with van der Waals surface area (Å²) in [6.07, 6.45) is 7.26. The number of benzene rings is 2. The average Bonchev–Trinajstić information content (AvgIpc) is 2.63. The van der Waals surface area contributed by atoms with Crippen LogP contribution in [-0.4, -0.2) is 21.1 Å². The number of aliphatic hydroxyl groups excluding tert-OH is 1. The van der Waals surface area contributed by atoms with E-state index in [9.17, 15) is 5.11 Å². The minimum atomic E-state index is -0.214. The topological polar surface area (TPSA) is 73.1 Å². The van der Waals surface area contributed by atoms with Crippen LogP contribution >= 0.6 is 0 Å². The van der Waals surface area contributed by atoms with Crippen LogP contribution in [0.3, 0.4) is 0 Å². The van der Waals surface area contributed by atoms with Crippen LogP contribution in [0, 0.1) is 0 Å². The Kier molecular flexibility index (Phi) is 7.05. The van der Waals surface area contributed by atoms with Gasteiger partial charge in [-0.3, -0.25) is 0 Å². The van der Waals surface area contributed by atoms with E-state index >= 15 is 0 Å². The van der Waals surface area contributed by atoms with Gasteiger partial charge < -0.3 is 15.4 Å². The molecule has 0 unspecified atom stereocenters. The number of hydrogen-bond donors (Lipinski definition) is 3. The number of aromatic hydroxyl groups is 1. The first kappa shape index (κ1) is 17.8. The number of nitrogens with zero attached hydrogens (tertiary/aromatic N) is 1. The number of aryl methyl sites for hydroxylation is 1. The zero-order chi connectivity index (χ0) is 17.2. The summed E-state index contributed by atoms with van der Waals surface area (Å²) in [4.78, 5) is 0. The molecule has 0 radical (unpaired) electrons. The van der Waals surface area contributed by atoms with E-state index in [0.29, 0.717) is 17.7 Å². The molecule has 0 aliphatic carbocycles. The summed E-state index contributed by atoms with van der Waals surface area (Å²) in [5, 5.41) is 31.2. The summed E-state index contributed by atoms with van der Waals surface area (Å²) >= 11 is 0. The third-order valence-corrected chi connectivity index (χ3v) is 3.86. The molecule has 2 aromatic rings. The molecule has 4 heteroatoms. The Morgan fingerprint density at radius 3 is 2.54 bits per heavy atom. The van der Waals surface area contributed by atoms with E-state index in [1.165, 1.54) is 5.56 Å². The van der Waals surface area contributed by atoms with Crippen molar-refractivity contribution < 1.29 is 15.4 Å². The largest absolute Gasteiger partial charge is 0.508 e. The summed E-state index contributed by atoms with van der Waals surface area (Å²) in [7, 11) is 0. The SMILES string of the molecule is OCc1cc(/C=C/C(CCCCc2ccccc2)=NO)ccc1O. The third-order valence-electron chi connectivity index (χ3n) is 3.86. The second kappa shape index (κ2) is 9.53. The van der Waals surface area contributed by atoms with Crippen molar-refractivity contribution in [2.45, 2.75) is 32.3 Å². The maximum absolute atomic E-state index is 9.55. The van der Waals surface area contributed by atoms with Gasteiger partial charge in [0, 0.05) is 5.56 Å². The van der Waals surface area contributed by atoms with Crippen LogP contribution < -0.4 is 0 Å². The third kappa shape index (κ3) is 5.56. The van der Waals surface area contributed by atoms with E-state index in [4.69, 9.17) is 10.3 Å². The van der Waals surface area contributed by atoms with E-state index < -0.39 is 0 Å². The predicted octanol–water partition coefficient (Wildman–Crippen LogP) is 4.14. The fourth-order valence-electron chi connectivity index (χ4n) is 2.47. The summed E-state index contributed by atoms with van der Waals surface area (Å²) in [5.74, 6) is 0.0756. The second-order valence-corrected chi connectivity index (χ2v) is 5.66. The lowest BCUT2D eigenvalue weighted by atomic mass is 10.0. The lowest BCUT2D eigenvalue weighted by Gasteiger charge is -2.03. The van der Waals surface area contributed by atoms with Crippen molar-refractivity contribution in [3.63, 3.8) is 0 Å². The maximum atomic E-state index is 9.55. The molecule has 0 saturated heterocycles. The molecule has 126 valence electrons. The molecule has 0 spiro atoms. The molecule has 0 aromatic heterocycles. The Hall–Kier alpha value is -2.59. The number of hydrogen-bond acceptors (Lipinski definition) is 4. The lowest BCUT2D eigenvalue weighted by molar-refractivity contribution is 0.275. The molecule has 24 heavy (non-hydrogen) atoms. The molecule has 0 aliphatic rings. The molecule has 0 amide bonds. The van der Waals surface area contributed by atoms with Crippen LogP contribution in [0.2, 0.25) is 0 Å². The van der Waals surface area contributed by atoms with E-state index in [-0.39, 0.29) is 12.4 Å². The van der Waals surface area contributed by atoms with Crippen LogP contribution in [0.15, 0.2) is 59.8 Å². The minimum absolute atomic E-state index is 0.0756.